The Morgan fingerprint density at radius 1 is 0.980 bits per heavy atom. The van der Waals surface area contributed by atoms with Gasteiger partial charge in [0, 0.05) is 43.6 Å². The van der Waals surface area contributed by atoms with Crippen LogP contribution in [0, 0.1) is 0 Å². The molecular weight excluding hydrogens is 699 g/mol. The van der Waals surface area contributed by atoms with Gasteiger partial charge >= 0.3 is 5.97 Å². The summed E-state index contributed by atoms with van der Waals surface area (Å²) in [7, 11) is -5.53. The van der Waals surface area contributed by atoms with Crippen LogP contribution in [0.2, 0.25) is 0 Å². The van der Waals surface area contributed by atoms with Gasteiger partial charge in [-0.05, 0) is 83.7 Å². The molecule has 0 aromatic heterocycles. The number of rotatable bonds is 16. The lowest BCUT2D eigenvalue weighted by Gasteiger charge is -2.30. The van der Waals surface area contributed by atoms with Crippen LogP contribution in [0.4, 0.5) is 0 Å². The van der Waals surface area contributed by atoms with E-state index in [1.165, 1.54) is 12.1 Å². The van der Waals surface area contributed by atoms with E-state index in [9.17, 15) is 35.8 Å². The van der Waals surface area contributed by atoms with E-state index < -0.39 is 43.3 Å². The number of carboxylic acids is 1. The zero-order chi connectivity index (χ0) is 37.8. The second kappa shape index (κ2) is 16.1. The fraction of sp³-hybridized carbons (Fsp3) is 0.514. The molecule has 0 saturated heterocycles. The molecule has 3 N–H and O–H groups in total. The molecule has 1 aliphatic heterocycles. The molecule has 0 spiro atoms. The van der Waals surface area contributed by atoms with E-state index in [2.05, 4.69) is 25.3 Å². The Kier molecular flexibility index (Phi) is 12.7. The second-order valence-corrected chi connectivity index (χ2v) is 17.3. The fourth-order valence-corrected chi connectivity index (χ4v) is 8.15. The van der Waals surface area contributed by atoms with E-state index in [0.29, 0.717) is 49.8 Å². The molecule has 280 valence electrons. The Balaban J connectivity index is 2.02. The molecule has 2 unspecified atom stereocenters. The number of hydrogen-bond acceptors (Lipinski definition) is 8. The molecular formula is C37H50NO11S2+. The lowest BCUT2D eigenvalue weighted by Crippen LogP contribution is -2.35. The highest BCUT2D eigenvalue weighted by Crippen LogP contribution is 2.55. The number of carboxylic acid groups (broad SMARTS) is 1. The molecule has 0 amide bonds. The summed E-state index contributed by atoms with van der Waals surface area (Å²) >= 11 is 0. The first kappa shape index (κ1) is 40.4. The van der Waals surface area contributed by atoms with Crippen LogP contribution < -0.4 is 9.93 Å². The number of nitrogens with zero attached hydrogens (tertiary/aromatic N) is 1. The van der Waals surface area contributed by atoms with Crippen molar-refractivity contribution in [2.24, 2.45) is 0 Å². The van der Waals surface area contributed by atoms with E-state index in [0.717, 1.165) is 27.6 Å². The lowest BCUT2D eigenvalue weighted by molar-refractivity contribution is -0.137. The van der Waals surface area contributed by atoms with Crippen molar-refractivity contribution in [1.29, 1.82) is 0 Å². The maximum atomic E-state index is 12.3. The summed E-state index contributed by atoms with van der Waals surface area (Å²) in [6, 6.07) is 12.4. The van der Waals surface area contributed by atoms with Crippen molar-refractivity contribution in [2.45, 2.75) is 81.4 Å². The highest BCUT2D eigenvalue weighted by Gasteiger charge is 2.45. The van der Waals surface area contributed by atoms with Crippen LogP contribution in [-0.2, 0) is 45.3 Å². The number of aliphatic carboxylic acids is 1. The van der Waals surface area contributed by atoms with Crippen molar-refractivity contribution in [3.63, 3.8) is 0 Å². The molecule has 3 aliphatic rings. The minimum Gasteiger partial charge on any atom is -0.481 e. The van der Waals surface area contributed by atoms with Gasteiger partial charge in [0.25, 0.3) is 20.2 Å². The Bertz CT molecular complexity index is 2010. The van der Waals surface area contributed by atoms with Gasteiger partial charge in [-0.1, -0.05) is 33.8 Å². The van der Waals surface area contributed by atoms with Gasteiger partial charge in [0.1, 0.15) is 24.7 Å². The highest BCUT2D eigenvalue weighted by molar-refractivity contribution is 7.86. The minimum absolute atomic E-state index is 0.107. The van der Waals surface area contributed by atoms with Crippen molar-refractivity contribution in [2.75, 3.05) is 46.3 Å². The first-order valence-corrected chi connectivity index (χ1v) is 20.0. The molecule has 2 atom stereocenters. The average Bonchev–Trinajstić information content (AvgIpc) is 3.25. The highest BCUT2D eigenvalue weighted by atomic mass is 32.2. The summed E-state index contributed by atoms with van der Waals surface area (Å²) in [6.07, 6.45) is 2.76. The number of hydrogen-bond donors (Lipinski definition) is 3. The molecule has 2 aliphatic carbocycles. The van der Waals surface area contributed by atoms with E-state index in [-0.39, 0.29) is 36.0 Å². The molecule has 12 nitrogen and oxygen atoms in total. The molecule has 51 heavy (non-hydrogen) atoms. The molecule has 14 heteroatoms. The second-order valence-electron chi connectivity index (χ2n) is 14.3. The van der Waals surface area contributed by atoms with Gasteiger partial charge in [-0.3, -0.25) is 13.9 Å². The number of carbonyl (C=O) groups is 1. The summed E-state index contributed by atoms with van der Waals surface area (Å²) in [4.78, 5) is 11.3. The summed E-state index contributed by atoms with van der Waals surface area (Å²) < 4.78 is 86.9. The first-order valence-electron chi connectivity index (χ1n) is 16.9. The minimum atomic E-state index is -4.57. The normalized spacial score (nSPS) is 18.7. The molecule has 0 radical (unpaired) electrons. The zero-order valence-electron chi connectivity index (χ0n) is 30.1. The number of ether oxygens (including phenoxy) is 2. The van der Waals surface area contributed by atoms with E-state index in [1.54, 1.807) is 20.3 Å². The lowest BCUT2D eigenvalue weighted by atomic mass is 9.74. The van der Waals surface area contributed by atoms with Gasteiger partial charge in [-0.25, -0.2) is 4.58 Å². The summed E-state index contributed by atoms with van der Waals surface area (Å²) in [6.45, 7) is 10.5. The molecule has 0 saturated carbocycles. The van der Waals surface area contributed by atoms with Crippen LogP contribution in [0.1, 0.15) is 88.2 Å². The zero-order valence-corrected chi connectivity index (χ0v) is 31.8. The largest absolute Gasteiger partial charge is 0.481 e. The van der Waals surface area contributed by atoms with Gasteiger partial charge < -0.3 is 19.0 Å². The van der Waals surface area contributed by atoms with Gasteiger partial charge in [0.15, 0.2) is 13.1 Å². The van der Waals surface area contributed by atoms with Crippen molar-refractivity contribution in [3.8, 4) is 11.3 Å². The van der Waals surface area contributed by atoms with E-state index in [4.69, 9.17) is 13.9 Å². The predicted octanol–water partition coefficient (Wildman–Crippen LogP) is 5.36. The summed E-state index contributed by atoms with van der Waals surface area (Å²) in [5, 5.41) is 10.4. The van der Waals surface area contributed by atoms with Crippen LogP contribution in [0.15, 0.2) is 57.4 Å². The molecule has 1 heterocycles. The summed E-state index contributed by atoms with van der Waals surface area (Å²) in [5.74, 6) is -0.733. The molecule has 1 aromatic carbocycles. The van der Waals surface area contributed by atoms with E-state index >= 15 is 0 Å². The third-order valence-electron chi connectivity index (χ3n) is 9.64. The fourth-order valence-electron chi connectivity index (χ4n) is 7.11. The van der Waals surface area contributed by atoms with Crippen molar-refractivity contribution >= 4 is 32.3 Å². The quantitative estimate of drug-likeness (QED) is 0.127. The maximum absolute atomic E-state index is 12.3. The number of allylic oxidation sites excluding steroid dienone is 1. The predicted molar refractivity (Wildman–Crippen MR) is 194 cm³/mol. The van der Waals surface area contributed by atoms with Gasteiger partial charge in [-0.2, -0.15) is 16.8 Å². The van der Waals surface area contributed by atoms with Crippen LogP contribution in [0.5, 0.6) is 0 Å². The van der Waals surface area contributed by atoms with Crippen LogP contribution in [0.3, 0.4) is 0 Å². The molecule has 0 bridgehead atoms. The standard InChI is InChI=1S/C37H49NO11S2/c1-36(2,3)31-22-26(49-34-21-25(11-13-30(31)34)38(16-18-47-5)17-19-48-6)23-32-28(9-8-20-50(41,42)43)29-14-12-27(51(44,45)46)24-33(29)37(32,4)15-7-10-35(39)40/h11-14,21-24,28H,7-10,15-20H2,1-6H3,(H2-,39,40,41,42,43,44,45,46)/p+1/b32-23-. The monoisotopic (exact) mass is 748 g/mol. The smallest absolute Gasteiger partial charge is 0.303 e. The first-order chi connectivity index (χ1) is 23.8. The topological polar surface area (TPSA) is 181 Å². The van der Waals surface area contributed by atoms with Crippen molar-refractivity contribution < 1.29 is 49.7 Å². The Labute approximate surface area is 300 Å². The number of fused-ring (bicyclic) bond motifs is 2. The third-order valence-corrected chi connectivity index (χ3v) is 11.3. The average molecular weight is 749 g/mol. The van der Waals surface area contributed by atoms with Crippen LogP contribution in [-0.4, -0.2) is 83.3 Å². The molecule has 1 aromatic rings. The Morgan fingerprint density at radius 3 is 2.22 bits per heavy atom. The van der Waals surface area contributed by atoms with Crippen LogP contribution >= 0.6 is 0 Å². The van der Waals surface area contributed by atoms with Gasteiger partial charge in [-0.15, -0.1) is 0 Å². The summed E-state index contributed by atoms with van der Waals surface area (Å²) in [5.41, 5.74) is 2.82. The van der Waals surface area contributed by atoms with Gasteiger partial charge in [0.2, 0.25) is 5.36 Å². The van der Waals surface area contributed by atoms with Crippen molar-refractivity contribution in [1.82, 2.24) is 4.58 Å². The van der Waals surface area contributed by atoms with Crippen LogP contribution in [0.25, 0.3) is 17.4 Å². The van der Waals surface area contributed by atoms with Crippen molar-refractivity contribution in [3.05, 3.63) is 75.8 Å². The third kappa shape index (κ3) is 9.93. The number of benzene rings is 2. The number of methoxy groups -OCH3 is 2. The SMILES string of the molecule is COCC[N+](CCOC)=c1ccc2c(C(C)(C)C)cc(/C=C3/C(CCCS(=O)(=O)O)c4ccc(S(=O)(=O)O)cc4C3(C)CCCC(=O)O)oc-2c1. The molecule has 4 rings (SSSR count). The Hall–Kier alpha value is -3.40. The Morgan fingerprint density at radius 2 is 1.65 bits per heavy atom. The molecule has 0 fully saturated rings. The van der Waals surface area contributed by atoms with Gasteiger partial charge in [0.05, 0.1) is 16.7 Å². The maximum Gasteiger partial charge on any atom is 0.303 e. The van der Waals surface area contributed by atoms with E-state index in [1.807, 2.05) is 37.3 Å².